The highest BCUT2D eigenvalue weighted by Gasteiger charge is 2.19. The molecule has 0 bridgehead atoms. The average molecular weight is 325 g/mol. The second kappa shape index (κ2) is 7.41. The number of halogens is 2. The normalized spacial score (nSPS) is 12.0. The molecule has 1 unspecified atom stereocenters. The van der Waals surface area contributed by atoms with Crippen LogP contribution in [-0.4, -0.2) is 23.7 Å². The van der Waals surface area contributed by atoms with Crippen molar-refractivity contribution >= 4 is 23.2 Å². The zero-order valence-corrected chi connectivity index (χ0v) is 12.9. The van der Waals surface area contributed by atoms with E-state index >= 15 is 0 Å². The van der Waals surface area contributed by atoms with Gasteiger partial charge in [-0.2, -0.15) is 0 Å². The highest BCUT2D eigenvalue weighted by molar-refractivity contribution is 6.35. The number of benzene rings is 1. The average Bonchev–Trinajstić information content (AvgIpc) is 2.50. The highest BCUT2D eigenvalue weighted by Crippen LogP contribution is 2.32. The first-order valence-electron chi connectivity index (χ1n) is 6.15. The molecule has 2 aromatic rings. The fraction of sp³-hybridized carbons (Fsp3) is 0.200. The first kappa shape index (κ1) is 15.8. The van der Waals surface area contributed by atoms with Gasteiger partial charge in [0.05, 0.1) is 7.11 Å². The molecule has 2 rings (SSSR count). The quantitative estimate of drug-likeness (QED) is 0.752. The van der Waals surface area contributed by atoms with E-state index < -0.39 is 6.10 Å². The first-order valence-corrected chi connectivity index (χ1v) is 6.90. The van der Waals surface area contributed by atoms with Crippen LogP contribution in [0.2, 0.25) is 10.0 Å². The van der Waals surface area contributed by atoms with E-state index in [0.29, 0.717) is 15.8 Å². The van der Waals surface area contributed by atoms with Gasteiger partial charge in [-0.1, -0.05) is 35.8 Å². The van der Waals surface area contributed by atoms with Crippen LogP contribution < -0.4 is 0 Å². The van der Waals surface area contributed by atoms with Crippen molar-refractivity contribution < 1.29 is 9.47 Å². The predicted octanol–water partition coefficient (Wildman–Crippen LogP) is 4.05. The van der Waals surface area contributed by atoms with Gasteiger partial charge in [0.2, 0.25) is 0 Å². The second-order valence-corrected chi connectivity index (χ2v) is 5.12. The van der Waals surface area contributed by atoms with Crippen LogP contribution in [0, 0.1) is 0 Å². The van der Waals surface area contributed by atoms with Crippen molar-refractivity contribution in [3.05, 3.63) is 70.4 Å². The van der Waals surface area contributed by atoms with Gasteiger partial charge in [0.25, 0.3) is 0 Å². The minimum atomic E-state index is -0.428. The summed E-state index contributed by atoms with van der Waals surface area (Å²) < 4.78 is 10.9. The van der Waals surface area contributed by atoms with Gasteiger partial charge >= 0.3 is 0 Å². The molecule has 0 saturated carbocycles. The maximum absolute atomic E-state index is 6.26. The largest absolute Gasteiger partial charge is 0.499 e. The highest BCUT2D eigenvalue weighted by atomic mass is 35.5. The van der Waals surface area contributed by atoms with Gasteiger partial charge in [-0.25, -0.2) is 9.97 Å². The molecule has 6 heteroatoms. The molecule has 1 aromatic carbocycles. The molecule has 0 fully saturated rings. The molecule has 21 heavy (non-hydrogen) atoms. The molecule has 1 atom stereocenters. The lowest BCUT2D eigenvalue weighted by molar-refractivity contribution is 0.0698. The molecule has 0 aliphatic rings. The first-order chi connectivity index (χ1) is 10.1. The molecule has 0 N–H and O–H groups in total. The molecule has 0 saturated heterocycles. The SMILES string of the molecule is C=C(COC(c1cncnc1)c1ccc(Cl)cc1Cl)OC. The fourth-order valence-electron chi connectivity index (χ4n) is 1.76. The molecule has 1 aromatic heterocycles. The monoisotopic (exact) mass is 324 g/mol. The molecular formula is C15H14Cl2N2O2. The Morgan fingerprint density at radius 1 is 1.29 bits per heavy atom. The molecule has 0 aliphatic heterocycles. The number of ether oxygens (including phenoxy) is 2. The summed E-state index contributed by atoms with van der Waals surface area (Å²) in [7, 11) is 1.54. The molecule has 1 heterocycles. The van der Waals surface area contributed by atoms with Crippen molar-refractivity contribution in [3.63, 3.8) is 0 Å². The number of methoxy groups -OCH3 is 1. The van der Waals surface area contributed by atoms with E-state index in [1.54, 1.807) is 31.6 Å². The Labute approximate surface area is 133 Å². The summed E-state index contributed by atoms with van der Waals surface area (Å²) in [5.74, 6) is 0.516. The summed E-state index contributed by atoms with van der Waals surface area (Å²) in [4.78, 5) is 8.02. The number of nitrogens with zero attached hydrogens (tertiary/aromatic N) is 2. The van der Waals surface area contributed by atoms with E-state index in [1.165, 1.54) is 6.33 Å². The van der Waals surface area contributed by atoms with Gasteiger partial charge in [0.15, 0.2) is 0 Å². The van der Waals surface area contributed by atoms with Crippen LogP contribution in [-0.2, 0) is 9.47 Å². The van der Waals surface area contributed by atoms with Gasteiger partial charge in [-0.3, -0.25) is 0 Å². The topological polar surface area (TPSA) is 44.2 Å². The van der Waals surface area contributed by atoms with Crippen LogP contribution in [0.15, 0.2) is 49.3 Å². The van der Waals surface area contributed by atoms with E-state index in [9.17, 15) is 0 Å². The molecule has 0 radical (unpaired) electrons. The predicted molar refractivity (Wildman–Crippen MR) is 82.4 cm³/mol. The Bertz CT molecular complexity index is 620. The third-order valence-corrected chi connectivity index (χ3v) is 3.39. The van der Waals surface area contributed by atoms with E-state index in [1.807, 2.05) is 6.07 Å². The van der Waals surface area contributed by atoms with Gasteiger partial charge in [0, 0.05) is 33.6 Å². The van der Waals surface area contributed by atoms with Gasteiger partial charge < -0.3 is 9.47 Å². The standard InChI is InChI=1S/C15H14Cl2N2O2/c1-10(20-2)8-21-15(11-6-18-9-19-7-11)13-4-3-12(16)5-14(13)17/h3-7,9,15H,1,8H2,2H3. The Kier molecular flexibility index (Phi) is 5.56. The van der Waals surface area contributed by atoms with Crippen LogP contribution in [0.25, 0.3) is 0 Å². The maximum Gasteiger partial charge on any atom is 0.115 e. The van der Waals surface area contributed by atoms with Crippen molar-refractivity contribution in [1.29, 1.82) is 0 Å². The number of hydrogen-bond acceptors (Lipinski definition) is 4. The zero-order chi connectivity index (χ0) is 15.2. The van der Waals surface area contributed by atoms with Crippen molar-refractivity contribution in [2.45, 2.75) is 6.10 Å². The van der Waals surface area contributed by atoms with E-state index in [2.05, 4.69) is 16.5 Å². The van der Waals surface area contributed by atoms with Crippen LogP contribution in [0.4, 0.5) is 0 Å². The minimum absolute atomic E-state index is 0.231. The Hall–Kier alpha value is -1.62. The molecule has 0 spiro atoms. The van der Waals surface area contributed by atoms with Gasteiger partial charge in [-0.05, 0) is 12.1 Å². The van der Waals surface area contributed by atoms with Crippen LogP contribution in [0.5, 0.6) is 0 Å². The van der Waals surface area contributed by atoms with Crippen molar-refractivity contribution in [2.24, 2.45) is 0 Å². The molecular weight excluding hydrogens is 311 g/mol. The molecule has 110 valence electrons. The van der Waals surface area contributed by atoms with Gasteiger partial charge in [-0.15, -0.1) is 0 Å². The molecule has 0 amide bonds. The Balaban J connectivity index is 2.33. The number of rotatable bonds is 6. The lowest BCUT2D eigenvalue weighted by Gasteiger charge is -2.20. The number of aromatic nitrogens is 2. The van der Waals surface area contributed by atoms with E-state index in [0.717, 1.165) is 11.1 Å². The van der Waals surface area contributed by atoms with Crippen LogP contribution >= 0.6 is 23.2 Å². The Morgan fingerprint density at radius 3 is 2.62 bits per heavy atom. The zero-order valence-electron chi connectivity index (χ0n) is 11.4. The smallest absolute Gasteiger partial charge is 0.115 e. The fourth-order valence-corrected chi connectivity index (χ4v) is 2.27. The van der Waals surface area contributed by atoms with E-state index in [-0.39, 0.29) is 6.61 Å². The third kappa shape index (κ3) is 4.17. The third-order valence-electron chi connectivity index (χ3n) is 2.83. The lowest BCUT2D eigenvalue weighted by atomic mass is 10.0. The summed E-state index contributed by atoms with van der Waals surface area (Å²) >= 11 is 12.2. The Morgan fingerprint density at radius 2 is 2.00 bits per heavy atom. The molecule has 0 aliphatic carbocycles. The summed E-state index contributed by atoms with van der Waals surface area (Å²) in [5.41, 5.74) is 1.56. The van der Waals surface area contributed by atoms with Crippen molar-refractivity contribution in [1.82, 2.24) is 9.97 Å². The van der Waals surface area contributed by atoms with Crippen LogP contribution in [0.3, 0.4) is 0 Å². The minimum Gasteiger partial charge on any atom is -0.499 e. The van der Waals surface area contributed by atoms with Crippen LogP contribution in [0.1, 0.15) is 17.2 Å². The molecule has 4 nitrogen and oxygen atoms in total. The summed E-state index contributed by atoms with van der Waals surface area (Å²) in [6.45, 7) is 3.97. The van der Waals surface area contributed by atoms with E-state index in [4.69, 9.17) is 32.7 Å². The van der Waals surface area contributed by atoms with Crippen molar-refractivity contribution in [2.75, 3.05) is 13.7 Å². The second-order valence-electron chi connectivity index (χ2n) is 4.27. The summed E-state index contributed by atoms with van der Waals surface area (Å²) in [5, 5.41) is 1.08. The summed E-state index contributed by atoms with van der Waals surface area (Å²) in [6, 6.07) is 5.25. The van der Waals surface area contributed by atoms with Gasteiger partial charge in [0.1, 0.15) is 24.8 Å². The maximum atomic E-state index is 6.26. The van der Waals surface area contributed by atoms with Crippen molar-refractivity contribution in [3.8, 4) is 0 Å². The number of hydrogen-bond donors (Lipinski definition) is 0. The lowest BCUT2D eigenvalue weighted by Crippen LogP contribution is -2.10. The summed E-state index contributed by atoms with van der Waals surface area (Å²) in [6.07, 6.45) is 4.39.